The van der Waals surface area contributed by atoms with Gasteiger partial charge in [0.15, 0.2) is 0 Å². The van der Waals surface area contributed by atoms with Crippen LogP contribution >= 0.6 is 0 Å². The second kappa shape index (κ2) is 4.97. The maximum Gasteiger partial charge on any atom is 0.311 e. The first kappa shape index (κ1) is 12.5. The van der Waals surface area contributed by atoms with Gasteiger partial charge in [-0.25, -0.2) is 0 Å². The Morgan fingerprint density at radius 3 is 2.60 bits per heavy atom. The third-order valence-electron chi connectivity index (χ3n) is 2.90. The molecule has 1 fully saturated rings. The van der Waals surface area contributed by atoms with E-state index in [1.807, 2.05) is 20.8 Å². The van der Waals surface area contributed by atoms with E-state index in [4.69, 9.17) is 4.74 Å². The lowest BCUT2D eigenvalue weighted by Crippen LogP contribution is -2.33. The van der Waals surface area contributed by atoms with Gasteiger partial charge in [-0.2, -0.15) is 0 Å². The maximum atomic E-state index is 11.7. The molecular formula is C12H23NO2. The molecule has 0 saturated carbocycles. The standard InChI is InChI=1S/C12H23NO2/c1-5-10(9-6-7-13-8-9)15-11(14)12(2,3)4/h9-10,13H,5-8H2,1-4H3/t9-,10-/m0/s1. The first-order valence-electron chi connectivity index (χ1n) is 5.87. The Balaban J connectivity index is 2.49. The Bertz CT molecular complexity index is 214. The molecule has 1 aliphatic rings. The fourth-order valence-electron chi connectivity index (χ4n) is 1.82. The summed E-state index contributed by atoms with van der Waals surface area (Å²) >= 11 is 0. The van der Waals surface area contributed by atoms with Crippen molar-refractivity contribution in [3.8, 4) is 0 Å². The van der Waals surface area contributed by atoms with Crippen LogP contribution in [0, 0.1) is 11.3 Å². The van der Waals surface area contributed by atoms with Gasteiger partial charge in [0, 0.05) is 12.5 Å². The van der Waals surface area contributed by atoms with Gasteiger partial charge < -0.3 is 10.1 Å². The van der Waals surface area contributed by atoms with Gasteiger partial charge in [-0.05, 0) is 40.2 Å². The predicted molar refractivity (Wildman–Crippen MR) is 60.6 cm³/mol. The number of hydrogen-bond donors (Lipinski definition) is 1. The van der Waals surface area contributed by atoms with Crippen LogP contribution in [0.2, 0.25) is 0 Å². The van der Waals surface area contributed by atoms with Gasteiger partial charge >= 0.3 is 5.97 Å². The fraction of sp³-hybridized carbons (Fsp3) is 0.917. The van der Waals surface area contributed by atoms with Crippen molar-refractivity contribution in [1.29, 1.82) is 0 Å². The van der Waals surface area contributed by atoms with Crippen LogP contribution in [0.5, 0.6) is 0 Å². The highest BCUT2D eigenvalue weighted by Crippen LogP contribution is 2.23. The van der Waals surface area contributed by atoms with Crippen LogP contribution in [-0.4, -0.2) is 25.2 Å². The van der Waals surface area contributed by atoms with Crippen LogP contribution in [0.25, 0.3) is 0 Å². The summed E-state index contributed by atoms with van der Waals surface area (Å²) < 4.78 is 5.57. The molecule has 0 bridgehead atoms. The van der Waals surface area contributed by atoms with Crippen LogP contribution in [0.1, 0.15) is 40.5 Å². The zero-order valence-corrected chi connectivity index (χ0v) is 10.3. The lowest BCUT2D eigenvalue weighted by Gasteiger charge is -2.26. The minimum atomic E-state index is -0.389. The number of ether oxygens (including phenoxy) is 1. The predicted octanol–water partition coefficient (Wildman–Crippen LogP) is 1.96. The summed E-state index contributed by atoms with van der Waals surface area (Å²) in [6.07, 6.45) is 2.12. The number of hydrogen-bond acceptors (Lipinski definition) is 3. The summed E-state index contributed by atoms with van der Waals surface area (Å²) in [5.41, 5.74) is -0.389. The molecule has 0 unspecified atom stereocenters. The molecule has 1 aliphatic heterocycles. The first-order valence-corrected chi connectivity index (χ1v) is 5.87. The van der Waals surface area contributed by atoms with Gasteiger partial charge in [-0.1, -0.05) is 6.92 Å². The van der Waals surface area contributed by atoms with E-state index >= 15 is 0 Å². The van der Waals surface area contributed by atoms with E-state index in [9.17, 15) is 4.79 Å². The molecule has 3 nitrogen and oxygen atoms in total. The topological polar surface area (TPSA) is 38.3 Å². The van der Waals surface area contributed by atoms with Crippen molar-refractivity contribution in [2.45, 2.75) is 46.6 Å². The lowest BCUT2D eigenvalue weighted by atomic mass is 9.95. The number of rotatable bonds is 3. The third kappa shape index (κ3) is 3.49. The van der Waals surface area contributed by atoms with Crippen molar-refractivity contribution in [2.75, 3.05) is 13.1 Å². The molecule has 0 radical (unpaired) electrons. The molecule has 2 atom stereocenters. The summed E-state index contributed by atoms with van der Waals surface area (Å²) in [5, 5.41) is 3.31. The molecule has 1 heterocycles. The molecule has 0 aromatic heterocycles. The number of esters is 1. The molecule has 3 heteroatoms. The van der Waals surface area contributed by atoms with Crippen LogP contribution in [0.15, 0.2) is 0 Å². The second-order valence-corrected chi connectivity index (χ2v) is 5.35. The molecule has 1 rings (SSSR count). The van der Waals surface area contributed by atoms with Gasteiger partial charge in [0.25, 0.3) is 0 Å². The summed E-state index contributed by atoms with van der Waals surface area (Å²) in [4.78, 5) is 11.7. The normalized spacial score (nSPS) is 23.9. The maximum absolute atomic E-state index is 11.7. The number of carbonyl (C=O) groups is 1. The van der Waals surface area contributed by atoms with E-state index in [0.29, 0.717) is 5.92 Å². The Morgan fingerprint density at radius 2 is 2.20 bits per heavy atom. The average molecular weight is 213 g/mol. The summed E-state index contributed by atoms with van der Waals surface area (Å²) in [6.45, 7) is 9.81. The van der Waals surface area contributed by atoms with Crippen molar-refractivity contribution >= 4 is 5.97 Å². The summed E-state index contributed by atoms with van der Waals surface area (Å²) in [5.74, 6) is 0.419. The highest BCUT2D eigenvalue weighted by Gasteiger charge is 2.30. The Kier molecular flexibility index (Phi) is 4.14. The Hall–Kier alpha value is -0.570. The SMILES string of the molecule is CC[C@H](OC(=O)C(C)(C)C)[C@H]1CCNC1. The smallest absolute Gasteiger partial charge is 0.311 e. The van der Waals surface area contributed by atoms with E-state index < -0.39 is 0 Å². The molecular weight excluding hydrogens is 190 g/mol. The van der Waals surface area contributed by atoms with Crippen molar-refractivity contribution in [1.82, 2.24) is 5.32 Å². The number of carbonyl (C=O) groups excluding carboxylic acids is 1. The van der Waals surface area contributed by atoms with Crippen molar-refractivity contribution in [3.05, 3.63) is 0 Å². The summed E-state index contributed by atoms with van der Waals surface area (Å²) in [7, 11) is 0. The highest BCUT2D eigenvalue weighted by atomic mass is 16.5. The summed E-state index contributed by atoms with van der Waals surface area (Å²) in [6, 6.07) is 0. The molecule has 1 N–H and O–H groups in total. The van der Waals surface area contributed by atoms with Gasteiger partial charge in [0.1, 0.15) is 6.10 Å². The monoisotopic (exact) mass is 213 g/mol. The quantitative estimate of drug-likeness (QED) is 0.728. The van der Waals surface area contributed by atoms with E-state index in [0.717, 1.165) is 25.9 Å². The van der Waals surface area contributed by atoms with Crippen LogP contribution < -0.4 is 5.32 Å². The van der Waals surface area contributed by atoms with E-state index in [1.54, 1.807) is 0 Å². The first-order chi connectivity index (χ1) is 6.95. The van der Waals surface area contributed by atoms with Gasteiger partial charge in [0.2, 0.25) is 0 Å². The van der Waals surface area contributed by atoms with E-state index in [1.165, 1.54) is 0 Å². The van der Waals surface area contributed by atoms with Crippen LogP contribution in [0.3, 0.4) is 0 Å². The van der Waals surface area contributed by atoms with Gasteiger partial charge in [-0.15, -0.1) is 0 Å². The van der Waals surface area contributed by atoms with Crippen molar-refractivity contribution in [3.63, 3.8) is 0 Å². The highest BCUT2D eigenvalue weighted by molar-refractivity contribution is 5.75. The average Bonchev–Trinajstić information content (AvgIpc) is 2.64. The van der Waals surface area contributed by atoms with E-state index in [2.05, 4.69) is 12.2 Å². The minimum Gasteiger partial charge on any atom is -0.462 e. The largest absolute Gasteiger partial charge is 0.462 e. The molecule has 0 spiro atoms. The third-order valence-corrected chi connectivity index (χ3v) is 2.90. The molecule has 0 aromatic rings. The van der Waals surface area contributed by atoms with Crippen molar-refractivity contribution < 1.29 is 9.53 Å². The zero-order chi connectivity index (χ0) is 11.5. The molecule has 0 aliphatic carbocycles. The zero-order valence-electron chi connectivity index (χ0n) is 10.3. The molecule has 0 aromatic carbocycles. The number of nitrogens with one attached hydrogen (secondary N) is 1. The second-order valence-electron chi connectivity index (χ2n) is 5.35. The molecule has 88 valence electrons. The van der Waals surface area contributed by atoms with E-state index in [-0.39, 0.29) is 17.5 Å². The van der Waals surface area contributed by atoms with Crippen LogP contribution in [0.4, 0.5) is 0 Å². The fourth-order valence-corrected chi connectivity index (χ4v) is 1.82. The van der Waals surface area contributed by atoms with Crippen LogP contribution in [-0.2, 0) is 9.53 Å². The molecule has 1 saturated heterocycles. The van der Waals surface area contributed by atoms with Gasteiger partial charge in [-0.3, -0.25) is 4.79 Å². The van der Waals surface area contributed by atoms with Crippen molar-refractivity contribution in [2.24, 2.45) is 11.3 Å². The molecule has 0 amide bonds. The van der Waals surface area contributed by atoms with Gasteiger partial charge in [0.05, 0.1) is 5.41 Å². The minimum absolute atomic E-state index is 0.0822. The Morgan fingerprint density at radius 1 is 1.53 bits per heavy atom. The Labute approximate surface area is 92.6 Å². The lowest BCUT2D eigenvalue weighted by molar-refractivity contribution is -0.161. The molecule has 15 heavy (non-hydrogen) atoms.